The molecular weight excluding hydrogens is 376 g/mol. The van der Waals surface area contributed by atoms with Crippen molar-refractivity contribution < 1.29 is 9.32 Å². The van der Waals surface area contributed by atoms with Crippen molar-refractivity contribution in [1.29, 1.82) is 0 Å². The molecule has 4 rings (SSSR count). The molecule has 2 aromatic heterocycles. The van der Waals surface area contributed by atoms with Gasteiger partial charge in [-0.3, -0.25) is 14.3 Å². The van der Waals surface area contributed by atoms with E-state index in [0.717, 1.165) is 54.6 Å². The molecule has 0 saturated carbocycles. The van der Waals surface area contributed by atoms with Crippen molar-refractivity contribution in [2.45, 2.75) is 39.8 Å². The van der Waals surface area contributed by atoms with Crippen molar-refractivity contribution in [3.8, 4) is 5.82 Å². The molecule has 1 aromatic carbocycles. The predicted octanol–water partition coefficient (Wildman–Crippen LogP) is 3.79. The van der Waals surface area contributed by atoms with E-state index in [-0.39, 0.29) is 11.9 Å². The van der Waals surface area contributed by atoms with Gasteiger partial charge >= 0.3 is 0 Å². The Morgan fingerprint density at radius 2 is 2.03 bits per heavy atom. The first-order chi connectivity index (χ1) is 14.5. The minimum atomic E-state index is -0.0522. The van der Waals surface area contributed by atoms with Crippen LogP contribution in [0.3, 0.4) is 0 Å². The van der Waals surface area contributed by atoms with Crippen molar-refractivity contribution in [2.24, 2.45) is 0 Å². The summed E-state index contributed by atoms with van der Waals surface area (Å²) in [5, 5.41) is 7.24. The zero-order valence-corrected chi connectivity index (χ0v) is 17.8. The van der Waals surface area contributed by atoms with Crippen molar-refractivity contribution in [1.82, 2.24) is 19.9 Å². The van der Waals surface area contributed by atoms with Gasteiger partial charge in [-0.05, 0) is 50.5 Å². The van der Waals surface area contributed by atoms with Crippen LogP contribution in [-0.2, 0) is 11.3 Å². The highest BCUT2D eigenvalue weighted by molar-refractivity contribution is 5.92. The van der Waals surface area contributed by atoms with Crippen LogP contribution >= 0.6 is 0 Å². The van der Waals surface area contributed by atoms with Crippen molar-refractivity contribution in [2.75, 3.05) is 13.1 Å². The zero-order valence-electron chi connectivity index (χ0n) is 17.8. The van der Waals surface area contributed by atoms with Crippen LogP contribution in [0.15, 0.2) is 53.1 Å². The molecule has 0 unspecified atom stereocenters. The third kappa shape index (κ3) is 4.54. The van der Waals surface area contributed by atoms with Gasteiger partial charge in [-0.15, -0.1) is 0 Å². The van der Waals surface area contributed by atoms with E-state index in [0.29, 0.717) is 0 Å². The molecule has 30 heavy (non-hydrogen) atoms. The maximum atomic E-state index is 12.5. The molecule has 1 aliphatic rings. The predicted molar refractivity (Wildman–Crippen MR) is 117 cm³/mol. The highest BCUT2D eigenvalue weighted by Gasteiger charge is 2.23. The van der Waals surface area contributed by atoms with E-state index in [4.69, 9.17) is 4.52 Å². The highest BCUT2D eigenvalue weighted by Crippen LogP contribution is 2.21. The monoisotopic (exact) mass is 404 g/mol. The first-order valence-corrected chi connectivity index (χ1v) is 10.4. The van der Waals surface area contributed by atoms with Crippen LogP contribution in [0.1, 0.15) is 34.7 Å². The molecule has 3 aromatic rings. The van der Waals surface area contributed by atoms with E-state index in [1.807, 2.05) is 43.5 Å². The van der Waals surface area contributed by atoms with Gasteiger partial charge < -0.3 is 9.84 Å². The lowest BCUT2D eigenvalue weighted by atomic mass is 10.2. The lowest BCUT2D eigenvalue weighted by molar-refractivity contribution is -0.117. The Hall–Kier alpha value is -3.12. The molecule has 6 nitrogen and oxygen atoms in total. The quantitative estimate of drug-likeness (QED) is 0.635. The van der Waals surface area contributed by atoms with E-state index in [2.05, 4.69) is 45.7 Å². The summed E-state index contributed by atoms with van der Waals surface area (Å²) in [5.74, 6) is 1.48. The average molecular weight is 405 g/mol. The second-order valence-corrected chi connectivity index (χ2v) is 8.01. The molecule has 1 N–H and O–H groups in total. The first kappa shape index (κ1) is 20.2. The number of nitrogens with zero attached hydrogens (tertiary/aromatic N) is 3. The second kappa shape index (κ2) is 8.71. The normalized spacial score (nSPS) is 17.1. The molecule has 156 valence electrons. The number of hydrogen-bond acceptors (Lipinski definition) is 4. The van der Waals surface area contributed by atoms with E-state index in [1.165, 1.54) is 5.56 Å². The summed E-state index contributed by atoms with van der Waals surface area (Å²) in [6.07, 6.45) is 4.48. The number of likely N-dealkylation sites (tertiary alicyclic amines) is 1. The van der Waals surface area contributed by atoms with Crippen LogP contribution in [0, 0.1) is 20.8 Å². The fourth-order valence-electron chi connectivity index (χ4n) is 4.12. The van der Waals surface area contributed by atoms with Gasteiger partial charge in [0, 0.05) is 49.2 Å². The van der Waals surface area contributed by atoms with Crippen LogP contribution in [0.5, 0.6) is 0 Å². The minimum absolute atomic E-state index is 0.0522. The minimum Gasteiger partial charge on any atom is -0.360 e. The molecule has 3 heterocycles. The van der Waals surface area contributed by atoms with E-state index < -0.39 is 0 Å². The third-order valence-corrected chi connectivity index (χ3v) is 5.60. The van der Waals surface area contributed by atoms with Crippen LogP contribution in [-0.4, -0.2) is 39.7 Å². The molecule has 1 fully saturated rings. The van der Waals surface area contributed by atoms with Crippen LogP contribution < -0.4 is 5.32 Å². The van der Waals surface area contributed by atoms with Gasteiger partial charge in [0.25, 0.3) is 0 Å². The van der Waals surface area contributed by atoms with Gasteiger partial charge in [-0.2, -0.15) is 0 Å². The van der Waals surface area contributed by atoms with Gasteiger partial charge in [-0.25, -0.2) is 0 Å². The number of amides is 1. The molecule has 1 aliphatic heterocycles. The number of carbonyl (C=O) groups is 1. The number of hydrogen-bond donors (Lipinski definition) is 1. The van der Waals surface area contributed by atoms with E-state index in [1.54, 1.807) is 6.08 Å². The summed E-state index contributed by atoms with van der Waals surface area (Å²) in [6.45, 7) is 8.73. The number of rotatable bonds is 6. The Morgan fingerprint density at radius 1 is 1.23 bits per heavy atom. The Balaban J connectivity index is 1.34. The van der Waals surface area contributed by atoms with Crippen molar-refractivity contribution >= 4 is 12.0 Å². The largest absolute Gasteiger partial charge is 0.360 e. The summed E-state index contributed by atoms with van der Waals surface area (Å²) in [4.78, 5) is 14.8. The van der Waals surface area contributed by atoms with Gasteiger partial charge in [0.05, 0.1) is 0 Å². The fraction of sp³-hybridized carbons (Fsp3) is 0.333. The van der Waals surface area contributed by atoms with E-state index >= 15 is 0 Å². The summed E-state index contributed by atoms with van der Waals surface area (Å²) < 4.78 is 7.23. The SMILES string of the molecule is Cc1cc(-n2c(C)cc(/C=C/C(=O)N[C@@H]3CCN(Cc4ccccc4)C3)c2C)no1. The average Bonchev–Trinajstić information content (AvgIpc) is 3.41. The topological polar surface area (TPSA) is 63.3 Å². The highest BCUT2D eigenvalue weighted by atomic mass is 16.5. The number of benzene rings is 1. The molecule has 0 spiro atoms. The number of aryl methyl sites for hydroxylation is 2. The van der Waals surface area contributed by atoms with Gasteiger partial charge in [0.2, 0.25) is 5.91 Å². The fourth-order valence-corrected chi connectivity index (χ4v) is 4.12. The maximum absolute atomic E-state index is 12.5. The molecule has 0 bridgehead atoms. The summed E-state index contributed by atoms with van der Waals surface area (Å²) in [7, 11) is 0. The Morgan fingerprint density at radius 3 is 2.77 bits per heavy atom. The Labute approximate surface area is 177 Å². The Bertz CT molecular complexity index is 1050. The standard InChI is InChI=1S/C24H28N4O2/c1-17-13-21(19(3)28(17)23-14-18(2)30-26-23)9-10-24(29)25-22-11-12-27(16-22)15-20-7-5-4-6-8-20/h4-10,13-14,22H,11-12,15-16H2,1-3H3,(H,25,29)/b10-9+/t22-/m1/s1. The zero-order chi connectivity index (χ0) is 21.1. The first-order valence-electron chi connectivity index (χ1n) is 10.4. The van der Waals surface area contributed by atoms with Crippen LogP contribution in [0.4, 0.5) is 0 Å². The number of aromatic nitrogens is 2. The molecule has 0 radical (unpaired) electrons. The Kier molecular flexibility index (Phi) is 5.86. The number of carbonyl (C=O) groups excluding carboxylic acids is 1. The summed E-state index contributed by atoms with van der Waals surface area (Å²) >= 11 is 0. The second-order valence-electron chi connectivity index (χ2n) is 8.01. The molecular formula is C24H28N4O2. The number of nitrogens with one attached hydrogen (secondary N) is 1. The van der Waals surface area contributed by atoms with Crippen molar-refractivity contribution in [3.63, 3.8) is 0 Å². The van der Waals surface area contributed by atoms with Crippen LogP contribution in [0.2, 0.25) is 0 Å². The maximum Gasteiger partial charge on any atom is 0.244 e. The molecule has 0 aliphatic carbocycles. The van der Waals surface area contributed by atoms with Crippen molar-refractivity contribution in [3.05, 3.63) is 76.8 Å². The smallest absolute Gasteiger partial charge is 0.244 e. The lowest BCUT2D eigenvalue weighted by Crippen LogP contribution is -2.35. The molecule has 1 atom stereocenters. The van der Waals surface area contributed by atoms with Crippen LogP contribution in [0.25, 0.3) is 11.9 Å². The summed E-state index contributed by atoms with van der Waals surface area (Å²) in [6, 6.07) is 14.6. The molecule has 1 saturated heterocycles. The summed E-state index contributed by atoms with van der Waals surface area (Å²) in [5.41, 5.74) is 4.38. The molecule has 6 heteroatoms. The van der Waals surface area contributed by atoms with Gasteiger partial charge in [0.1, 0.15) is 5.76 Å². The van der Waals surface area contributed by atoms with E-state index in [9.17, 15) is 4.79 Å². The van der Waals surface area contributed by atoms with Gasteiger partial charge in [0.15, 0.2) is 5.82 Å². The molecule has 1 amide bonds. The van der Waals surface area contributed by atoms with Gasteiger partial charge in [-0.1, -0.05) is 35.5 Å². The lowest BCUT2D eigenvalue weighted by Gasteiger charge is -2.16. The third-order valence-electron chi connectivity index (χ3n) is 5.60.